The predicted molar refractivity (Wildman–Crippen MR) is 119 cm³/mol. The van der Waals surface area contributed by atoms with Gasteiger partial charge in [-0.15, -0.1) is 0 Å². The van der Waals surface area contributed by atoms with Crippen molar-refractivity contribution >= 4 is 20.9 Å². The van der Waals surface area contributed by atoms with Crippen LogP contribution in [0.5, 0.6) is 11.5 Å². The molecule has 0 saturated carbocycles. The summed E-state index contributed by atoms with van der Waals surface area (Å²) in [6, 6.07) is 9.78. The molecule has 0 aliphatic carbocycles. The molecule has 0 radical (unpaired) electrons. The minimum atomic E-state index is -4.00. The zero-order chi connectivity index (χ0) is 23.0. The van der Waals surface area contributed by atoms with Crippen molar-refractivity contribution in [3.05, 3.63) is 64.2 Å². The number of sulfonamides is 1. The van der Waals surface area contributed by atoms with Crippen molar-refractivity contribution in [3.8, 4) is 11.5 Å². The molecule has 0 spiro atoms. The Morgan fingerprint density at radius 2 is 1.76 bits per heavy atom. The third-order valence-electron chi connectivity index (χ3n) is 5.81. The van der Waals surface area contributed by atoms with E-state index in [9.17, 15) is 17.6 Å². The molecule has 3 heterocycles. The number of H-pyrrole nitrogens is 1. The molecule has 2 aliphatic heterocycles. The average Bonchev–Trinajstić information content (AvgIpc) is 3.31. The molecule has 174 valence electrons. The zero-order valence-electron chi connectivity index (χ0n) is 17.8. The predicted octanol–water partition coefficient (Wildman–Crippen LogP) is 2.81. The molecule has 10 heteroatoms. The number of nitrogens with one attached hydrogen (secondary N) is 1. The first-order valence-electron chi connectivity index (χ1n) is 10.7. The topological polar surface area (TPSA) is 97.9 Å². The van der Waals surface area contributed by atoms with Gasteiger partial charge in [0.1, 0.15) is 19.0 Å². The van der Waals surface area contributed by atoms with E-state index in [4.69, 9.17) is 14.2 Å². The fourth-order valence-electron chi connectivity index (χ4n) is 4.11. The van der Waals surface area contributed by atoms with Gasteiger partial charge in [0.25, 0.3) is 5.56 Å². The van der Waals surface area contributed by atoms with Crippen LogP contribution in [0.3, 0.4) is 0 Å². The molecule has 0 unspecified atom stereocenters. The van der Waals surface area contributed by atoms with E-state index in [0.717, 1.165) is 25.0 Å². The van der Waals surface area contributed by atoms with Crippen LogP contribution in [0.2, 0.25) is 0 Å². The molecule has 1 saturated heterocycles. The second-order valence-corrected chi connectivity index (χ2v) is 10.0. The monoisotopic (exact) mass is 474 g/mol. The van der Waals surface area contributed by atoms with Gasteiger partial charge in [0.2, 0.25) is 10.0 Å². The summed E-state index contributed by atoms with van der Waals surface area (Å²) in [4.78, 5) is 15.6. The SMILES string of the molecule is O=c1[nH]c2cc3c(cc2cc1CN(C[C@H]1CCCO1)S(=O)(=O)c1ccc(F)cc1)OCCO3. The van der Waals surface area contributed by atoms with Gasteiger partial charge in [-0.2, -0.15) is 4.31 Å². The van der Waals surface area contributed by atoms with Crippen LogP contribution in [0, 0.1) is 5.82 Å². The summed E-state index contributed by atoms with van der Waals surface area (Å²) < 4.78 is 58.2. The molecule has 5 rings (SSSR count). The van der Waals surface area contributed by atoms with Gasteiger partial charge in [-0.05, 0) is 49.2 Å². The molecule has 0 amide bonds. The summed E-state index contributed by atoms with van der Waals surface area (Å²) in [5, 5.41) is 0.699. The van der Waals surface area contributed by atoms with E-state index >= 15 is 0 Å². The third-order valence-corrected chi connectivity index (χ3v) is 7.64. The van der Waals surface area contributed by atoms with E-state index in [1.165, 1.54) is 16.4 Å². The van der Waals surface area contributed by atoms with Gasteiger partial charge < -0.3 is 19.2 Å². The third kappa shape index (κ3) is 4.46. The van der Waals surface area contributed by atoms with Crippen LogP contribution >= 0.6 is 0 Å². The van der Waals surface area contributed by atoms with E-state index in [2.05, 4.69) is 4.98 Å². The maximum absolute atomic E-state index is 13.4. The Bertz CT molecular complexity index is 1330. The second kappa shape index (κ2) is 8.77. The first kappa shape index (κ1) is 21.9. The van der Waals surface area contributed by atoms with Crippen LogP contribution in [0.25, 0.3) is 10.9 Å². The van der Waals surface area contributed by atoms with Crippen molar-refractivity contribution in [1.29, 1.82) is 0 Å². The van der Waals surface area contributed by atoms with Gasteiger partial charge in [0, 0.05) is 36.7 Å². The Labute approximate surface area is 189 Å². The highest BCUT2D eigenvalue weighted by atomic mass is 32.2. The molecule has 1 aromatic heterocycles. The van der Waals surface area contributed by atoms with Crippen LogP contribution in [-0.2, 0) is 21.3 Å². The van der Waals surface area contributed by atoms with Crippen molar-refractivity contribution in [3.63, 3.8) is 0 Å². The highest BCUT2D eigenvalue weighted by molar-refractivity contribution is 7.89. The average molecular weight is 475 g/mol. The molecular formula is C23H23FN2O6S. The fraction of sp³-hybridized carbons (Fsp3) is 0.348. The summed E-state index contributed by atoms with van der Waals surface area (Å²) >= 11 is 0. The number of rotatable bonds is 6. The van der Waals surface area contributed by atoms with Crippen molar-refractivity contribution in [2.75, 3.05) is 26.4 Å². The molecular weight excluding hydrogens is 451 g/mol. The minimum Gasteiger partial charge on any atom is -0.486 e. The Hall–Kier alpha value is -2.95. The number of hydrogen-bond donors (Lipinski definition) is 1. The standard InChI is InChI=1S/C23H23FN2O6S/c24-17-3-5-19(6-4-17)33(28,29)26(14-18-2-1-7-30-18)13-16-10-15-11-21-22(32-9-8-31-21)12-20(15)25-23(16)27/h3-6,10-12,18H,1-2,7-9,13-14H2,(H,25,27)/t18-/m1/s1. The Balaban J connectivity index is 1.52. The van der Waals surface area contributed by atoms with Crippen molar-refractivity contribution < 1.29 is 27.0 Å². The summed E-state index contributed by atoms with van der Waals surface area (Å²) in [6.07, 6.45) is 1.31. The number of nitrogens with zero attached hydrogens (tertiary/aromatic N) is 1. The summed E-state index contributed by atoms with van der Waals surface area (Å²) in [6.45, 7) is 1.37. The van der Waals surface area contributed by atoms with E-state index in [0.29, 0.717) is 42.2 Å². The Kier molecular flexibility index (Phi) is 5.81. The lowest BCUT2D eigenvalue weighted by atomic mass is 10.1. The maximum atomic E-state index is 13.4. The van der Waals surface area contributed by atoms with Gasteiger partial charge in [-0.3, -0.25) is 4.79 Å². The molecule has 3 aromatic rings. The van der Waals surface area contributed by atoms with Gasteiger partial charge in [0.15, 0.2) is 11.5 Å². The number of aromatic nitrogens is 1. The van der Waals surface area contributed by atoms with Gasteiger partial charge >= 0.3 is 0 Å². The quantitative estimate of drug-likeness (QED) is 0.590. The van der Waals surface area contributed by atoms with Crippen LogP contribution in [0.1, 0.15) is 18.4 Å². The number of benzene rings is 2. The van der Waals surface area contributed by atoms with Gasteiger partial charge in [0.05, 0.1) is 16.5 Å². The number of halogens is 1. The highest BCUT2D eigenvalue weighted by Gasteiger charge is 2.30. The van der Waals surface area contributed by atoms with E-state index in [1.807, 2.05) is 0 Å². The Morgan fingerprint density at radius 1 is 1.03 bits per heavy atom. The lowest BCUT2D eigenvalue weighted by Crippen LogP contribution is -2.38. The minimum absolute atomic E-state index is 0.0428. The fourth-order valence-corrected chi connectivity index (χ4v) is 5.56. The van der Waals surface area contributed by atoms with Gasteiger partial charge in [-0.1, -0.05) is 0 Å². The molecule has 2 aliphatic rings. The lowest BCUT2D eigenvalue weighted by molar-refractivity contribution is 0.0925. The highest BCUT2D eigenvalue weighted by Crippen LogP contribution is 2.34. The largest absolute Gasteiger partial charge is 0.486 e. The number of pyridine rings is 1. The van der Waals surface area contributed by atoms with Crippen LogP contribution < -0.4 is 15.0 Å². The lowest BCUT2D eigenvalue weighted by Gasteiger charge is -2.25. The number of ether oxygens (including phenoxy) is 3. The van der Waals surface area contributed by atoms with Gasteiger partial charge in [-0.25, -0.2) is 12.8 Å². The molecule has 1 N–H and O–H groups in total. The molecule has 33 heavy (non-hydrogen) atoms. The summed E-state index contributed by atoms with van der Waals surface area (Å²) in [5.41, 5.74) is 0.453. The summed E-state index contributed by atoms with van der Waals surface area (Å²) in [7, 11) is -4.00. The smallest absolute Gasteiger partial charge is 0.252 e. The number of aromatic amines is 1. The second-order valence-electron chi connectivity index (χ2n) is 8.09. The van der Waals surface area contributed by atoms with Crippen molar-refractivity contribution in [2.24, 2.45) is 0 Å². The van der Waals surface area contributed by atoms with E-state index in [-0.39, 0.29) is 29.7 Å². The van der Waals surface area contributed by atoms with E-state index < -0.39 is 21.4 Å². The number of fused-ring (bicyclic) bond motifs is 2. The zero-order valence-corrected chi connectivity index (χ0v) is 18.6. The first-order chi connectivity index (χ1) is 15.9. The normalized spacial score (nSPS) is 18.2. The van der Waals surface area contributed by atoms with Crippen molar-refractivity contribution in [1.82, 2.24) is 9.29 Å². The molecule has 1 fully saturated rings. The van der Waals surface area contributed by atoms with E-state index in [1.54, 1.807) is 18.2 Å². The maximum Gasteiger partial charge on any atom is 0.252 e. The molecule has 2 aromatic carbocycles. The van der Waals surface area contributed by atoms with Crippen molar-refractivity contribution in [2.45, 2.75) is 30.4 Å². The van der Waals surface area contributed by atoms with Crippen LogP contribution in [0.15, 0.2) is 52.2 Å². The van der Waals surface area contributed by atoms with Crippen LogP contribution in [0.4, 0.5) is 4.39 Å². The number of hydrogen-bond acceptors (Lipinski definition) is 6. The molecule has 0 bridgehead atoms. The Morgan fingerprint density at radius 3 is 2.45 bits per heavy atom. The first-order valence-corrected chi connectivity index (χ1v) is 12.2. The molecule has 8 nitrogen and oxygen atoms in total. The molecule has 1 atom stereocenters. The van der Waals surface area contributed by atoms with Crippen LogP contribution in [-0.4, -0.2) is 50.2 Å². The summed E-state index contributed by atoms with van der Waals surface area (Å²) in [5.74, 6) is 0.595.